The van der Waals surface area contributed by atoms with E-state index < -0.39 is 0 Å². The number of pyridine rings is 2. The molecule has 0 unspecified atom stereocenters. The van der Waals surface area contributed by atoms with Crippen LogP contribution in [0, 0.1) is 6.92 Å². The standard InChI is InChI=1S/C25H29N3O/c1-17-8-11-26-24(14-17)19-9-12-28(13-10-19)16-18-6-7-23-22(15-18)20-4-2-3-5-21(20)25(29)27-23/h6-8,11,14-15,19H,2-5,9-10,12-13,16H2,1H3,(H,27,29). The Morgan fingerprint density at radius 2 is 1.86 bits per heavy atom. The van der Waals surface area contributed by atoms with Crippen molar-refractivity contribution in [1.29, 1.82) is 0 Å². The highest BCUT2D eigenvalue weighted by atomic mass is 16.1. The van der Waals surface area contributed by atoms with Crippen molar-refractivity contribution < 1.29 is 0 Å². The molecule has 3 aromatic rings. The van der Waals surface area contributed by atoms with Gasteiger partial charge in [0.15, 0.2) is 0 Å². The molecule has 4 heteroatoms. The first-order chi connectivity index (χ1) is 14.2. The topological polar surface area (TPSA) is 49.0 Å². The average Bonchev–Trinajstić information content (AvgIpc) is 2.75. The van der Waals surface area contributed by atoms with Crippen molar-refractivity contribution in [2.45, 2.75) is 57.9 Å². The maximum absolute atomic E-state index is 12.4. The Bertz CT molecular complexity index is 1090. The number of nitrogens with zero attached hydrogens (tertiary/aromatic N) is 2. The van der Waals surface area contributed by atoms with Crippen LogP contribution in [-0.4, -0.2) is 28.0 Å². The van der Waals surface area contributed by atoms with Gasteiger partial charge < -0.3 is 4.98 Å². The largest absolute Gasteiger partial charge is 0.322 e. The highest BCUT2D eigenvalue weighted by Gasteiger charge is 2.22. The predicted octanol–water partition coefficient (Wildman–Crippen LogP) is 4.49. The number of aromatic amines is 1. The van der Waals surface area contributed by atoms with Crippen LogP contribution in [0.5, 0.6) is 0 Å². The van der Waals surface area contributed by atoms with Crippen molar-refractivity contribution in [3.63, 3.8) is 0 Å². The fourth-order valence-electron chi connectivity index (χ4n) is 5.13. The molecular weight excluding hydrogens is 358 g/mol. The summed E-state index contributed by atoms with van der Waals surface area (Å²) in [6, 6.07) is 10.9. The lowest BCUT2D eigenvalue weighted by molar-refractivity contribution is 0.203. The Morgan fingerprint density at radius 3 is 2.66 bits per heavy atom. The minimum Gasteiger partial charge on any atom is -0.322 e. The number of nitrogens with one attached hydrogen (secondary N) is 1. The van der Waals surface area contributed by atoms with E-state index in [2.05, 4.69) is 52.1 Å². The van der Waals surface area contributed by atoms with Crippen LogP contribution in [0.15, 0.2) is 41.3 Å². The molecule has 1 N–H and O–H groups in total. The predicted molar refractivity (Wildman–Crippen MR) is 117 cm³/mol. The lowest BCUT2D eigenvalue weighted by Crippen LogP contribution is -2.32. The summed E-state index contributed by atoms with van der Waals surface area (Å²) >= 11 is 0. The fourth-order valence-corrected chi connectivity index (χ4v) is 5.13. The van der Waals surface area contributed by atoms with Crippen molar-refractivity contribution in [2.75, 3.05) is 13.1 Å². The first-order valence-electron chi connectivity index (χ1n) is 11.0. The molecule has 2 aliphatic rings. The van der Waals surface area contributed by atoms with Gasteiger partial charge in [-0.25, -0.2) is 0 Å². The molecule has 1 saturated heterocycles. The van der Waals surface area contributed by atoms with Crippen molar-refractivity contribution in [2.24, 2.45) is 0 Å². The minimum atomic E-state index is 0.117. The van der Waals surface area contributed by atoms with Gasteiger partial charge in [-0.2, -0.15) is 0 Å². The highest BCUT2D eigenvalue weighted by Crippen LogP contribution is 2.29. The lowest BCUT2D eigenvalue weighted by atomic mass is 9.89. The maximum atomic E-state index is 12.4. The van der Waals surface area contributed by atoms with E-state index in [1.807, 2.05) is 6.20 Å². The number of aryl methyl sites for hydroxylation is 2. The van der Waals surface area contributed by atoms with Gasteiger partial charge in [0.05, 0.1) is 0 Å². The molecule has 150 valence electrons. The lowest BCUT2D eigenvalue weighted by Gasteiger charge is -2.32. The molecule has 1 aliphatic carbocycles. The monoisotopic (exact) mass is 387 g/mol. The second kappa shape index (κ2) is 7.75. The van der Waals surface area contributed by atoms with Gasteiger partial charge in [-0.15, -0.1) is 0 Å². The SMILES string of the molecule is Cc1ccnc(C2CCN(Cc3ccc4[nH]c(=O)c5c(c4c3)CCCC5)CC2)c1. The number of aromatic nitrogens is 2. The third-order valence-corrected chi connectivity index (χ3v) is 6.75. The summed E-state index contributed by atoms with van der Waals surface area (Å²) in [5.41, 5.74) is 7.33. The summed E-state index contributed by atoms with van der Waals surface area (Å²) < 4.78 is 0. The second-order valence-corrected chi connectivity index (χ2v) is 8.81. The normalized spacial score (nSPS) is 18.1. The first-order valence-corrected chi connectivity index (χ1v) is 11.0. The summed E-state index contributed by atoms with van der Waals surface area (Å²) in [6.07, 6.45) is 8.57. The van der Waals surface area contributed by atoms with E-state index in [0.29, 0.717) is 5.92 Å². The van der Waals surface area contributed by atoms with Gasteiger partial charge in [-0.05, 0) is 99.5 Å². The third kappa shape index (κ3) is 3.74. The molecule has 5 rings (SSSR count). The van der Waals surface area contributed by atoms with Crippen LogP contribution in [0.1, 0.15) is 59.5 Å². The van der Waals surface area contributed by atoms with Crippen LogP contribution in [0.3, 0.4) is 0 Å². The van der Waals surface area contributed by atoms with Gasteiger partial charge in [-0.3, -0.25) is 14.7 Å². The van der Waals surface area contributed by atoms with E-state index in [-0.39, 0.29) is 5.56 Å². The smallest absolute Gasteiger partial charge is 0.251 e. The molecule has 0 spiro atoms. The number of fused-ring (bicyclic) bond motifs is 3. The summed E-state index contributed by atoms with van der Waals surface area (Å²) in [5, 5.41) is 1.26. The molecule has 0 amide bonds. The van der Waals surface area contributed by atoms with Gasteiger partial charge in [-0.1, -0.05) is 6.07 Å². The number of H-pyrrole nitrogens is 1. The zero-order valence-corrected chi connectivity index (χ0v) is 17.2. The molecule has 4 nitrogen and oxygen atoms in total. The molecule has 1 aliphatic heterocycles. The minimum absolute atomic E-state index is 0.117. The van der Waals surface area contributed by atoms with Crippen molar-refractivity contribution in [1.82, 2.24) is 14.9 Å². The summed E-state index contributed by atoms with van der Waals surface area (Å²) in [7, 11) is 0. The van der Waals surface area contributed by atoms with Crippen molar-refractivity contribution in [3.8, 4) is 0 Å². The number of likely N-dealkylation sites (tertiary alicyclic amines) is 1. The second-order valence-electron chi connectivity index (χ2n) is 8.81. The molecule has 0 bridgehead atoms. The summed E-state index contributed by atoms with van der Waals surface area (Å²) in [6.45, 7) is 5.36. The zero-order chi connectivity index (χ0) is 19.8. The van der Waals surface area contributed by atoms with Gasteiger partial charge in [0.1, 0.15) is 0 Å². The Morgan fingerprint density at radius 1 is 1.07 bits per heavy atom. The highest BCUT2D eigenvalue weighted by molar-refractivity contribution is 5.84. The van der Waals surface area contributed by atoms with E-state index in [4.69, 9.17) is 0 Å². The van der Waals surface area contributed by atoms with Crippen molar-refractivity contribution in [3.05, 3.63) is 74.8 Å². The Labute approximate surface area is 172 Å². The quantitative estimate of drug-likeness (QED) is 0.720. The Balaban J connectivity index is 1.32. The molecule has 0 radical (unpaired) electrons. The van der Waals surface area contributed by atoms with Crippen LogP contribution in [0.4, 0.5) is 0 Å². The number of piperidine rings is 1. The van der Waals surface area contributed by atoms with Gasteiger partial charge >= 0.3 is 0 Å². The number of hydrogen-bond acceptors (Lipinski definition) is 3. The molecule has 0 saturated carbocycles. The van der Waals surface area contributed by atoms with Crippen LogP contribution in [-0.2, 0) is 19.4 Å². The van der Waals surface area contributed by atoms with Gasteiger partial charge in [0, 0.05) is 40.8 Å². The van der Waals surface area contributed by atoms with E-state index >= 15 is 0 Å². The van der Waals surface area contributed by atoms with E-state index in [1.165, 1.54) is 47.0 Å². The average molecular weight is 388 g/mol. The molecule has 1 aromatic carbocycles. The number of benzene rings is 1. The van der Waals surface area contributed by atoms with Gasteiger partial charge in [0.25, 0.3) is 5.56 Å². The Kier molecular flexibility index (Phi) is 4.96. The maximum Gasteiger partial charge on any atom is 0.251 e. The van der Waals surface area contributed by atoms with Crippen molar-refractivity contribution >= 4 is 10.9 Å². The zero-order valence-electron chi connectivity index (χ0n) is 17.2. The first kappa shape index (κ1) is 18.6. The summed E-state index contributed by atoms with van der Waals surface area (Å²) in [4.78, 5) is 22.6. The third-order valence-electron chi connectivity index (χ3n) is 6.75. The van der Waals surface area contributed by atoms with E-state index in [9.17, 15) is 4.79 Å². The number of hydrogen-bond donors (Lipinski definition) is 1. The van der Waals surface area contributed by atoms with Crippen LogP contribution >= 0.6 is 0 Å². The molecular formula is C25H29N3O. The summed E-state index contributed by atoms with van der Waals surface area (Å²) in [5.74, 6) is 0.583. The van der Waals surface area contributed by atoms with Crippen LogP contribution < -0.4 is 5.56 Å². The molecule has 29 heavy (non-hydrogen) atoms. The number of rotatable bonds is 3. The molecule has 1 fully saturated rings. The van der Waals surface area contributed by atoms with E-state index in [1.54, 1.807) is 0 Å². The van der Waals surface area contributed by atoms with Gasteiger partial charge in [0.2, 0.25) is 0 Å². The molecule has 3 heterocycles. The van der Waals surface area contributed by atoms with Crippen LogP contribution in [0.2, 0.25) is 0 Å². The molecule has 2 aromatic heterocycles. The van der Waals surface area contributed by atoms with Crippen LogP contribution in [0.25, 0.3) is 10.9 Å². The fraction of sp³-hybridized carbons (Fsp3) is 0.440. The molecule has 0 atom stereocenters. The Hall–Kier alpha value is -2.46. The van der Waals surface area contributed by atoms with E-state index in [0.717, 1.165) is 50.0 Å².